The Hall–Kier alpha value is -2.65. The van der Waals surface area contributed by atoms with Gasteiger partial charge in [-0.15, -0.1) is 0 Å². The molecule has 3 aromatic carbocycles. The number of hydrogen-bond donors (Lipinski definition) is 1. The second-order valence-corrected chi connectivity index (χ2v) is 7.76. The summed E-state index contributed by atoms with van der Waals surface area (Å²) < 4.78 is 0. The zero-order valence-corrected chi connectivity index (χ0v) is 16.5. The van der Waals surface area contributed by atoms with Gasteiger partial charge in [0.2, 0.25) is 0 Å². The van der Waals surface area contributed by atoms with Crippen molar-refractivity contribution in [2.24, 2.45) is 0 Å². The number of rotatable bonds is 5. The molecule has 1 atom stereocenters. The Bertz CT molecular complexity index is 937. The van der Waals surface area contributed by atoms with Gasteiger partial charge in [-0.2, -0.15) is 0 Å². The summed E-state index contributed by atoms with van der Waals surface area (Å²) in [7, 11) is 0. The highest BCUT2D eigenvalue weighted by Crippen LogP contribution is 2.25. The Kier molecular flexibility index (Phi) is 5.73. The molecule has 4 rings (SSSR count). The van der Waals surface area contributed by atoms with E-state index in [4.69, 9.17) is 0 Å². The van der Waals surface area contributed by atoms with Crippen molar-refractivity contribution < 1.29 is 4.79 Å². The van der Waals surface area contributed by atoms with E-state index in [9.17, 15) is 4.79 Å². The van der Waals surface area contributed by atoms with Crippen LogP contribution in [0.2, 0.25) is 0 Å². The van der Waals surface area contributed by atoms with Crippen LogP contribution in [0.3, 0.4) is 0 Å². The van der Waals surface area contributed by atoms with Gasteiger partial charge in [0.15, 0.2) is 0 Å². The molecule has 1 aliphatic heterocycles. The molecule has 1 saturated heterocycles. The summed E-state index contributed by atoms with van der Waals surface area (Å²) in [5, 5.41) is 5.33. The first-order valence-electron chi connectivity index (χ1n) is 10.3. The first-order valence-corrected chi connectivity index (χ1v) is 10.3. The summed E-state index contributed by atoms with van der Waals surface area (Å²) in [4.78, 5) is 15.5. The summed E-state index contributed by atoms with van der Waals surface area (Å²) >= 11 is 0. The maximum absolute atomic E-state index is 13.0. The molecule has 1 fully saturated rings. The van der Waals surface area contributed by atoms with E-state index >= 15 is 0 Å². The van der Waals surface area contributed by atoms with E-state index in [-0.39, 0.29) is 11.9 Å². The monoisotopic (exact) mass is 372 g/mol. The van der Waals surface area contributed by atoms with Crippen LogP contribution >= 0.6 is 0 Å². The van der Waals surface area contributed by atoms with Gasteiger partial charge in [-0.25, -0.2) is 0 Å². The molecule has 144 valence electrons. The van der Waals surface area contributed by atoms with Crippen LogP contribution in [0.1, 0.15) is 46.8 Å². The molecule has 1 N–H and O–H groups in total. The van der Waals surface area contributed by atoms with Gasteiger partial charge in [-0.05, 0) is 55.3 Å². The lowest BCUT2D eigenvalue weighted by Crippen LogP contribution is -2.40. The number of benzene rings is 3. The zero-order chi connectivity index (χ0) is 19.3. The van der Waals surface area contributed by atoms with Gasteiger partial charge in [0.25, 0.3) is 5.91 Å². The number of nitrogens with zero attached hydrogens (tertiary/aromatic N) is 1. The predicted octanol–water partition coefficient (Wildman–Crippen LogP) is 5.11. The van der Waals surface area contributed by atoms with Crippen LogP contribution in [0.15, 0.2) is 66.7 Å². The lowest BCUT2D eigenvalue weighted by molar-refractivity contribution is 0.0926. The fourth-order valence-electron chi connectivity index (χ4n) is 4.18. The van der Waals surface area contributed by atoms with Crippen LogP contribution < -0.4 is 5.32 Å². The van der Waals surface area contributed by atoms with Crippen molar-refractivity contribution in [3.8, 4) is 0 Å². The smallest absolute Gasteiger partial charge is 0.251 e. The third kappa shape index (κ3) is 4.10. The van der Waals surface area contributed by atoms with E-state index in [2.05, 4.69) is 53.5 Å². The van der Waals surface area contributed by atoms with Crippen LogP contribution in [-0.4, -0.2) is 30.4 Å². The topological polar surface area (TPSA) is 32.3 Å². The van der Waals surface area contributed by atoms with Gasteiger partial charge in [0.1, 0.15) is 0 Å². The summed E-state index contributed by atoms with van der Waals surface area (Å²) in [5.74, 6) is 0.00548. The molecule has 0 radical (unpaired) electrons. The summed E-state index contributed by atoms with van der Waals surface area (Å²) in [5.41, 5.74) is 3.30. The van der Waals surface area contributed by atoms with Gasteiger partial charge in [-0.3, -0.25) is 9.69 Å². The van der Waals surface area contributed by atoms with Crippen LogP contribution in [0.5, 0.6) is 0 Å². The highest BCUT2D eigenvalue weighted by atomic mass is 16.1. The number of carbonyl (C=O) groups excluding carboxylic acids is 1. The van der Waals surface area contributed by atoms with Crippen molar-refractivity contribution in [1.29, 1.82) is 0 Å². The fourth-order valence-corrected chi connectivity index (χ4v) is 4.18. The lowest BCUT2D eigenvalue weighted by Gasteiger charge is -2.35. The van der Waals surface area contributed by atoms with Crippen LogP contribution in [0.25, 0.3) is 10.8 Å². The van der Waals surface area contributed by atoms with E-state index in [0.717, 1.165) is 29.4 Å². The number of carbonyl (C=O) groups is 1. The number of aryl methyl sites for hydroxylation is 1. The highest BCUT2D eigenvalue weighted by Gasteiger charge is 2.23. The Balaban J connectivity index is 1.54. The van der Waals surface area contributed by atoms with Crippen molar-refractivity contribution in [1.82, 2.24) is 10.2 Å². The molecular weight excluding hydrogens is 344 g/mol. The second-order valence-electron chi connectivity index (χ2n) is 7.76. The maximum Gasteiger partial charge on any atom is 0.251 e. The molecule has 3 aromatic rings. The van der Waals surface area contributed by atoms with Gasteiger partial charge >= 0.3 is 0 Å². The maximum atomic E-state index is 13.0. The van der Waals surface area contributed by atoms with Crippen LogP contribution in [-0.2, 0) is 0 Å². The van der Waals surface area contributed by atoms with Crippen LogP contribution in [0, 0.1) is 6.92 Å². The van der Waals surface area contributed by atoms with Crippen molar-refractivity contribution >= 4 is 16.7 Å². The lowest BCUT2D eigenvalue weighted by atomic mass is 10.00. The Morgan fingerprint density at radius 3 is 2.43 bits per heavy atom. The molecule has 0 unspecified atom stereocenters. The molecule has 0 aromatic heterocycles. The van der Waals surface area contributed by atoms with E-state index in [1.165, 1.54) is 30.4 Å². The molecule has 3 heteroatoms. The molecule has 0 saturated carbocycles. The molecule has 3 nitrogen and oxygen atoms in total. The van der Waals surface area contributed by atoms with Crippen molar-refractivity contribution in [3.63, 3.8) is 0 Å². The third-order valence-corrected chi connectivity index (χ3v) is 5.78. The molecule has 1 aliphatic rings. The van der Waals surface area contributed by atoms with Crippen LogP contribution in [0.4, 0.5) is 0 Å². The number of hydrogen-bond acceptors (Lipinski definition) is 2. The summed E-state index contributed by atoms with van der Waals surface area (Å²) in [6, 6.07) is 23.0. The van der Waals surface area contributed by atoms with E-state index in [1.54, 1.807) is 0 Å². The molecule has 0 spiro atoms. The standard InChI is InChI=1S/C25H28N2O/c1-19-12-14-21(15-13-19)24(27-16-5-2-6-17-27)18-26-25(28)23-11-7-9-20-8-3-4-10-22(20)23/h3-4,7-15,24H,2,5-6,16-18H2,1H3,(H,26,28)/t24-/m1/s1. The van der Waals surface area contributed by atoms with Gasteiger partial charge in [0.05, 0.1) is 6.04 Å². The first-order chi connectivity index (χ1) is 13.7. The molecule has 0 aliphatic carbocycles. The largest absolute Gasteiger partial charge is 0.350 e. The number of fused-ring (bicyclic) bond motifs is 1. The van der Waals surface area contributed by atoms with E-state index < -0.39 is 0 Å². The Morgan fingerprint density at radius 2 is 1.64 bits per heavy atom. The van der Waals surface area contributed by atoms with Gasteiger partial charge < -0.3 is 5.32 Å². The third-order valence-electron chi connectivity index (χ3n) is 5.78. The number of amides is 1. The fraction of sp³-hybridized carbons (Fsp3) is 0.320. The molecule has 1 amide bonds. The Morgan fingerprint density at radius 1 is 0.929 bits per heavy atom. The first kappa shape index (κ1) is 18.7. The van der Waals surface area contributed by atoms with Gasteiger partial charge in [0, 0.05) is 12.1 Å². The Labute approximate surface area is 167 Å². The highest BCUT2D eigenvalue weighted by molar-refractivity contribution is 6.07. The zero-order valence-electron chi connectivity index (χ0n) is 16.5. The van der Waals surface area contributed by atoms with Crippen molar-refractivity contribution in [3.05, 3.63) is 83.4 Å². The van der Waals surface area contributed by atoms with Crippen molar-refractivity contribution in [2.75, 3.05) is 19.6 Å². The van der Waals surface area contributed by atoms with E-state index in [1.807, 2.05) is 30.3 Å². The SMILES string of the molecule is Cc1ccc([C@@H](CNC(=O)c2cccc3ccccc23)N2CCCCC2)cc1. The molecule has 1 heterocycles. The van der Waals surface area contributed by atoms with Crippen molar-refractivity contribution in [2.45, 2.75) is 32.2 Å². The minimum absolute atomic E-state index is 0.00548. The van der Waals surface area contributed by atoms with Gasteiger partial charge in [-0.1, -0.05) is 72.6 Å². The molecular formula is C25H28N2O. The quantitative estimate of drug-likeness (QED) is 0.675. The van der Waals surface area contributed by atoms with E-state index in [0.29, 0.717) is 6.54 Å². The average molecular weight is 373 g/mol. The minimum Gasteiger partial charge on any atom is -0.350 e. The summed E-state index contributed by atoms with van der Waals surface area (Å²) in [6.07, 6.45) is 3.78. The number of nitrogens with one attached hydrogen (secondary N) is 1. The molecule has 28 heavy (non-hydrogen) atoms. The number of piperidine rings is 1. The predicted molar refractivity (Wildman–Crippen MR) is 116 cm³/mol. The second kappa shape index (κ2) is 8.57. The number of likely N-dealkylation sites (tertiary alicyclic amines) is 1. The minimum atomic E-state index is 0.00548. The average Bonchev–Trinajstić information content (AvgIpc) is 2.75. The molecule has 0 bridgehead atoms. The normalized spacial score (nSPS) is 16.0. The summed E-state index contributed by atoms with van der Waals surface area (Å²) in [6.45, 7) is 4.94.